The normalized spacial score (nSPS) is 12.0. The molecule has 0 aliphatic heterocycles. The molecule has 6 nitrogen and oxygen atoms in total. The molecule has 0 aromatic carbocycles. The smallest absolute Gasteiger partial charge is 0.255 e. The summed E-state index contributed by atoms with van der Waals surface area (Å²) in [4.78, 5) is 8.06. The van der Waals surface area contributed by atoms with E-state index in [4.69, 9.17) is 16.3 Å². The average Bonchev–Trinajstić information content (AvgIpc) is 2.64. The second kappa shape index (κ2) is 4.46. The van der Waals surface area contributed by atoms with Gasteiger partial charge in [-0.25, -0.2) is 0 Å². The Kier molecular flexibility index (Phi) is 3.17. The van der Waals surface area contributed by atoms with Crippen LogP contribution in [0.2, 0.25) is 5.15 Å². The third-order valence-corrected chi connectivity index (χ3v) is 2.39. The summed E-state index contributed by atoms with van der Waals surface area (Å²) >= 11 is 5.92. The Labute approximate surface area is 104 Å². The van der Waals surface area contributed by atoms with Crippen molar-refractivity contribution in [2.45, 2.75) is 19.4 Å². The lowest BCUT2D eigenvalue weighted by atomic mass is 10.1. The van der Waals surface area contributed by atoms with E-state index in [0.29, 0.717) is 17.5 Å². The van der Waals surface area contributed by atoms with Crippen molar-refractivity contribution >= 4 is 23.2 Å². The minimum Gasteiger partial charge on any atom is -0.382 e. The number of aromatic nitrogens is 4. The number of ether oxygens (including phenoxy) is 1. The molecule has 2 aromatic heterocycles. The summed E-state index contributed by atoms with van der Waals surface area (Å²) in [6.07, 6.45) is 1.44. The van der Waals surface area contributed by atoms with Gasteiger partial charge in [0, 0.05) is 13.2 Å². The van der Waals surface area contributed by atoms with Crippen LogP contribution >= 0.6 is 11.6 Å². The molecule has 2 heterocycles. The number of halogens is 1. The fourth-order valence-electron chi connectivity index (χ4n) is 1.62. The van der Waals surface area contributed by atoms with Crippen molar-refractivity contribution in [3.8, 4) is 0 Å². The fourth-order valence-corrected chi connectivity index (χ4v) is 1.79. The Morgan fingerprint density at radius 1 is 1.53 bits per heavy atom. The Hall–Kier alpha value is -1.40. The quantitative estimate of drug-likeness (QED) is 0.841. The Balaban J connectivity index is 2.37. The second-order valence-electron chi connectivity index (χ2n) is 4.38. The minimum atomic E-state index is -0.238. The molecule has 0 spiro atoms. The first-order valence-corrected chi connectivity index (χ1v) is 5.53. The summed E-state index contributed by atoms with van der Waals surface area (Å²) in [5, 5.41) is 7.76. The van der Waals surface area contributed by atoms with Crippen LogP contribution in [0.15, 0.2) is 12.4 Å². The van der Waals surface area contributed by atoms with E-state index in [1.54, 1.807) is 17.7 Å². The predicted molar refractivity (Wildman–Crippen MR) is 65.4 cm³/mol. The molecule has 17 heavy (non-hydrogen) atoms. The van der Waals surface area contributed by atoms with E-state index in [-0.39, 0.29) is 5.54 Å². The van der Waals surface area contributed by atoms with Gasteiger partial charge in [-0.05, 0) is 13.8 Å². The number of fused-ring (bicyclic) bond motifs is 1. The van der Waals surface area contributed by atoms with Crippen molar-refractivity contribution in [1.29, 1.82) is 0 Å². The van der Waals surface area contributed by atoms with Gasteiger partial charge in [-0.2, -0.15) is 19.6 Å². The molecule has 0 unspecified atom stereocenters. The maximum absolute atomic E-state index is 5.92. The van der Waals surface area contributed by atoms with Gasteiger partial charge in [0.15, 0.2) is 0 Å². The van der Waals surface area contributed by atoms with Crippen LogP contribution in [-0.4, -0.2) is 38.8 Å². The summed E-state index contributed by atoms with van der Waals surface area (Å²) in [6.45, 7) is 4.60. The molecule has 0 bridgehead atoms. The van der Waals surface area contributed by atoms with Gasteiger partial charge in [-0.1, -0.05) is 11.6 Å². The molecule has 0 saturated carbocycles. The van der Waals surface area contributed by atoms with Gasteiger partial charge in [0.05, 0.1) is 12.1 Å². The molecule has 0 aliphatic carbocycles. The van der Waals surface area contributed by atoms with Gasteiger partial charge in [-0.15, -0.1) is 0 Å². The predicted octanol–water partition coefficient (Wildman–Crippen LogP) is 1.61. The number of methoxy groups -OCH3 is 1. The van der Waals surface area contributed by atoms with E-state index in [0.717, 1.165) is 5.82 Å². The van der Waals surface area contributed by atoms with E-state index in [1.165, 1.54) is 6.33 Å². The number of nitrogens with zero attached hydrogens (tertiary/aromatic N) is 4. The number of nitrogens with one attached hydrogen (secondary N) is 1. The molecular weight excluding hydrogens is 242 g/mol. The Morgan fingerprint density at radius 2 is 2.29 bits per heavy atom. The van der Waals surface area contributed by atoms with E-state index in [1.807, 2.05) is 13.8 Å². The summed E-state index contributed by atoms with van der Waals surface area (Å²) in [5.41, 5.74) is -0.238. The SMILES string of the molecule is COCC(C)(C)Nc1cc(Cl)nc2ncnn12. The monoisotopic (exact) mass is 255 g/mol. The van der Waals surface area contributed by atoms with Gasteiger partial charge < -0.3 is 10.1 Å². The zero-order chi connectivity index (χ0) is 12.5. The topological polar surface area (TPSA) is 64.3 Å². The fraction of sp³-hybridized carbons (Fsp3) is 0.500. The van der Waals surface area contributed by atoms with Gasteiger partial charge in [0.1, 0.15) is 17.3 Å². The van der Waals surface area contributed by atoms with E-state index in [9.17, 15) is 0 Å². The molecule has 7 heteroatoms. The lowest BCUT2D eigenvalue weighted by Crippen LogP contribution is -2.36. The van der Waals surface area contributed by atoms with Gasteiger partial charge in [-0.3, -0.25) is 0 Å². The van der Waals surface area contributed by atoms with Crippen LogP contribution in [0, 0.1) is 0 Å². The molecule has 1 N–H and O–H groups in total. The average molecular weight is 256 g/mol. The standard InChI is InChI=1S/C10H14ClN5O/c1-10(2,5-17-3)15-8-4-7(11)14-9-12-6-13-16(8)9/h4,6,15H,5H2,1-3H3. The maximum Gasteiger partial charge on any atom is 0.255 e. The third kappa shape index (κ3) is 2.65. The minimum absolute atomic E-state index is 0.238. The Bertz CT molecular complexity index is 524. The molecule has 0 aliphatic rings. The molecular formula is C10H14ClN5O. The summed E-state index contributed by atoms with van der Waals surface area (Å²) < 4.78 is 6.75. The van der Waals surface area contributed by atoms with Crippen LogP contribution in [0.1, 0.15) is 13.8 Å². The first-order chi connectivity index (χ1) is 8.02. The highest BCUT2D eigenvalue weighted by Gasteiger charge is 2.19. The van der Waals surface area contributed by atoms with Crippen molar-refractivity contribution in [3.63, 3.8) is 0 Å². The number of hydrogen-bond acceptors (Lipinski definition) is 5. The van der Waals surface area contributed by atoms with Crippen LogP contribution in [-0.2, 0) is 4.74 Å². The lowest BCUT2D eigenvalue weighted by molar-refractivity contribution is 0.158. The van der Waals surface area contributed by atoms with Crippen molar-refractivity contribution in [1.82, 2.24) is 19.6 Å². The summed E-state index contributed by atoms with van der Waals surface area (Å²) in [6, 6.07) is 1.71. The van der Waals surface area contributed by atoms with Gasteiger partial charge in [0.2, 0.25) is 0 Å². The number of hydrogen-bond donors (Lipinski definition) is 1. The van der Waals surface area contributed by atoms with Crippen LogP contribution in [0.25, 0.3) is 5.78 Å². The maximum atomic E-state index is 5.92. The van der Waals surface area contributed by atoms with Crippen molar-refractivity contribution in [2.24, 2.45) is 0 Å². The van der Waals surface area contributed by atoms with Crippen molar-refractivity contribution < 1.29 is 4.74 Å². The van der Waals surface area contributed by atoms with E-state index < -0.39 is 0 Å². The van der Waals surface area contributed by atoms with Crippen molar-refractivity contribution in [3.05, 3.63) is 17.5 Å². The van der Waals surface area contributed by atoms with Crippen LogP contribution < -0.4 is 5.32 Å². The van der Waals surface area contributed by atoms with Crippen LogP contribution in [0.5, 0.6) is 0 Å². The molecule has 2 rings (SSSR count). The highest BCUT2D eigenvalue weighted by atomic mass is 35.5. The molecule has 0 saturated heterocycles. The van der Waals surface area contributed by atoms with Crippen molar-refractivity contribution in [2.75, 3.05) is 19.0 Å². The molecule has 0 atom stereocenters. The zero-order valence-corrected chi connectivity index (χ0v) is 10.7. The van der Waals surface area contributed by atoms with Gasteiger partial charge in [0.25, 0.3) is 5.78 Å². The first-order valence-electron chi connectivity index (χ1n) is 5.15. The van der Waals surface area contributed by atoms with Gasteiger partial charge >= 0.3 is 0 Å². The molecule has 0 fully saturated rings. The molecule has 0 amide bonds. The first kappa shape index (κ1) is 12.1. The second-order valence-corrected chi connectivity index (χ2v) is 4.77. The largest absolute Gasteiger partial charge is 0.382 e. The highest BCUT2D eigenvalue weighted by molar-refractivity contribution is 6.29. The van der Waals surface area contributed by atoms with E-state index in [2.05, 4.69) is 20.4 Å². The van der Waals surface area contributed by atoms with Crippen LogP contribution in [0.4, 0.5) is 5.82 Å². The third-order valence-electron chi connectivity index (χ3n) is 2.19. The number of rotatable bonds is 4. The Morgan fingerprint density at radius 3 is 3.00 bits per heavy atom. The van der Waals surface area contributed by atoms with Crippen LogP contribution in [0.3, 0.4) is 0 Å². The summed E-state index contributed by atoms with van der Waals surface area (Å²) in [5.74, 6) is 1.20. The lowest BCUT2D eigenvalue weighted by Gasteiger charge is -2.26. The number of anilines is 1. The molecule has 2 aromatic rings. The highest BCUT2D eigenvalue weighted by Crippen LogP contribution is 2.18. The zero-order valence-electron chi connectivity index (χ0n) is 9.94. The summed E-state index contributed by atoms with van der Waals surface area (Å²) in [7, 11) is 1.66. The van der Waals surface area contributed by atoms with E-state index >= 15 is 0 Å². The molecule has 92 valence electrons. The molecule has 0 radical (unpaired) electrons.